The molecular formula is C13H24N2O2S2. The van der Waals surface area contributed by atoms with Crippen molar-refractivity contribution in [3.8, 4) is 0 Å². The van der Waals surface area contributed by atoms with Crippen LogP contribution in [0.1, 0.15) is 39.7 Å². The maximum atomic E-state index is 12.5. The molecule has 0 saturated heterocycles. The average molecular weight is 304 g/mol. The van der Waals surface area contributed by atoms with E-state index >= 15 is 0 Å². The Kier molecular flexibility index (Phi) is 6.46. The monoisotopic (exact) mass is 304 g/mol. The number of thiophene rings is 1. The predicted molar refractivity (Wildman–Crippen MR) is 81.0 cm³/mol. The first kappa shape index (κ1) is 16.6. The number of nitrogens with zero attached hydrogens (tertiary/aromatic N) is 1. The van der Waals surface area contributed by atoms with Gasteiger partial charge in [0, 0.05) is 19.1 Å². The quantitative estimate of drug-likeness (QED) is 0.751. The third-order valence-corrected chi connectivity index (χ3v) is 6.45. The molecule has 4 nitrogen and oxygen atoms in total. The fourth-order valence-electron chi connectivity index (χ4n) is 1.92. The SMILES string of the molecule is CCCNCc1csc(S(=O)(=O)N(CC)C(C)C)c1. The Morgan fingerprint density at radius 3 is 2.58 bits per heavy atom. The third kappa shape index (κ3) is 4.27. The van der Waals surface area contributed by atoms with Crippen LogP contribution in [0, 0.1) is 0 Å². The molecule has 0 aliphatic carbocycles. The normalized spacial score (nSPS) is 12.5. The number of hydrogen-bond donors (Lipinski definition) is 1. The summed E-state index contributed by atoms with van der Waals surface area (Å²) in [7, 11) is -3.34. The van der Waals surface area contributed by atoms with Crippen molar-refractivity contribution in [1.29, 1.82) is 0 Å². The van der Waals surface area contributed by atoms with Crippen molar-refractivity contribution in [3.63, 3.8) is 0 Å². The number of hydrogen-bond acceptors (Lipinski definition) is 4. The Bertz CT molecular complexity index is 481. The Hall–Kier alpha value is -0.430. The summed E-state index contributed by atoms with van der Waals surface area (Å²) in [6, 6.07) is 1.77. The first-order valence-corrected chi connectivity index (χ1v) is 9.05. The zero-order valence-corrected chi connectivity index (χ0v) is 13.8. The van der Waals surface area contributed by atoms with Gasteiger partial charge in [0.1, 0.15) is 4.21 Å². The molecule has 0 spiro atoms. The Labute approximate surface area is 120 Å². The molecule has 0 fully saturated rings. The van der Waals surface area contributed by atoms with Crippen LogP contribution in [-0.4, -0.2) is 31.9 Å². The van der Waals surface area contributed by atoms with E-state index in [1.54, 1.807) is 6.07 Å². The molecule has 0 radical (unpaired) electrons. The molecule has 0 aliphatic heterocycles. The van der Waals surface area contributed by atoms with Crippen molar-refractivity contribution in [3.05, 3.63) is 17.0 Å². The summed E-state index contributed by atoms with van der Waals surface area (Å²) in [4.78, 5) is 0. The molecule has 110 valence electrons. The van der Waals surface area contributed by atoms with Gasteiger partial charge in [-0.2, -0.15) is 4.31 Å². The molecule has 1 rings (SSSR count). The molecule has 0 amide bonds. The van der Waals surface area contributed by atoms with E-state index in [9.17, 15) is 8.42 Å². The third-order valence-electron chi connectivity index (χ3n) is 2.84. The van der Waals surface area contributed by atoms with Crippen LogP contribution in [0.25, 0.3) is 0 Å². The van der Waals surface area contributed by atoms with Crippen LogP contribution in [0.5, 0.6) is 0 Å². The zero-order valence-electron chi connectivity index (χ0n) is 12.1. The van der Waals surface area contributed by atoms with Gasteiger partial charge in [0.2, 0.25) is 0 Å². The van der Waals surface area contributed by atoms with Gasteiger partial charge in [-0.05, 0) is 43.8 Å². The van der Waals surface area contributed by atoms with Gasteiger partial charge in [0.25, 0.3) is 10.0 Å². The molecule has 0 atom stereocenters. The highest BCUT2D eigenvalue weighted by molar-refractivity contribution is 7.91. The molecule has 0 aliphatic rings. The topological polar surface area (TPSA) is 49.4 Å². The maximum Gasteiger partial charge on any atom is 0.252 e. The van der Waals surface area contributed by atoms with E-state index in [1.807, 2.05) is 26.2 Å². The number of nitrogens with one attached hydrogen (secondary N) is 1. The van der Waals surface area contributed by atoms with Crippen LogP contribution in [0.4, 0.5) is 0 Å². The molecule has 0 bridgehead atoms. The maximum absolute atomic E-state index is 12.5. The lowest BCUT2D eigenvalue weighted by molar-refractivity contribution is 0.370. The lowest BCUT2D eigenvalue weighted by Crippen LogP contribution is -2.36. The van der Waals surface area contributed by atoms with Gasteiger partial charge in [-0.15, -0.1) is 11.3 Å². The van der Waals surface area contributed by atoms with E-state index in [4.69, 9.17) is 0 Å². The molecule has 19 heavy (non-hydrogen) atoms. The minimum Gasteiger partial charge on any atom is -0.313 e. The molecule has 1 N–H and O–H groups in total. The summed E-state index contributed by atoms with van der Waals surface area (Å²) in [5, 5.41) is 5.20. The second kappa shape index (κ2) is 7.38. The van der Waals surface area contributed by atoms with E-state index < -0.39 is 10.0 Å². The lowest BCUT2D eigenvalue weighted by Gasteiger charge is -2.23. The number of rotatable bonds is 8. The van der Waals surface area contributed by atoms with Crippen LogP contribution in [0.15, 0.2) is 15.7 Å². The van der Waals surface area contributed by atoms with Gasteiger partial charge in [0.15, 0.2) is 0 Å². The van der Waals surface area contributed by atoms with E-state index in [0.29, 0.717) is 10.8 Å². The second-order valence-electron chi connectivity index (χ2n) is 4.75. The minimum absolute atomic E-state index is 0.0150. The summed E-state index contributed by atoms with van der Waals surface area (Å²) >= 11 is 1.31. The summed E-state index contributed by atoms with van der Waals surface area (Å²) < 4.78 is 26.9. The average Bonchev–Trinajstić information content (AvgIpc) is 2.78. The smallest absolute Gasteiger partial charge is 0.252 e. The lowest BCUT2D eigenvalue weighted by atomic mass is 10.3. The Morgan fingerprint density at radius 2 is 2.05 bits per heavy atom. The van der Waals surface area contributed by atoms with Crippen molar-refractivity contribution >= 4 is 21.4 Å². The molecule has 0 saturated carbocycles. The number of sulfonamides is 1. The van der Waals surface area contributed by atoms with Crippen molar-refractivity contribution in [2.75, 3.05) is 13.1 Å². The van der Waals surface area contributed by atoms with Gasteiger partial charge < -0.3 is 5.32 Å². The fraction of sp³-hybridized carbons (Fsp3) is 0.692. The van der Waals surface area contributed by atoms with Crippen molar-refractivity contribution < 1.29 is 8.42 Å². The van der Waals surface area contributed by atoms with Crippen LogP contribution < -0.4 is 5.32 Å². The molecule has 1 heterocycles. The zero-order chi connectivity index (χ0) is 14.5. The van der Waals surface area contributed by atoms with E-state index in [2.05, 4.69) is 12.2 Å². The van der Waals surface area contributed by atoms with Gasteiger partial charge >= 0.3 is 0 Å². The summed E-state index contributed by atoms with van der Waals surface area (Å²) in [5.41, 5.74) is 1.04. The van der Waals surface area contributed by atoms with Gasteiger partial charge in [-0.25, -0.2) is 8.42 Å². The van der Waals surface area contributed by atoms with Gasteiger partial charge in [-0.3, -0.25) is 0 Å². The molecule has 0 unspecified atom stereocenters. The largest absolute Gasteiger partial charge is 0.313 e. The first-order valence-electron chi connectivity index (χ1n) is 6.73. The second-order valence-corrected chi connectivity index (χ2v) is 7.78. The van der Waals surface area contributed by atoms with Crippen molar-refractivity contribution in [2.45, 2.75) is 50.9 Å². The van der Waals surface area contributed by atoms with Crippen molar-refractivity contribution in [2.24, 2.45) is 0 Å². The van der Waals surface area contributed by atoms with Crippen LogP contribution >= 0.6 is 11.3 Å². The Morgan fingerprint density at radius 1 is 1.37 bits per heavy atom. The van der Waals surface area contributed by atoms with E-state index in [-0.39, 0.29) is 6.04 Å². The molecule has 6 heteroatoms. The summed E-state index contributed by atoms with van der Waals surface area (Å²) in [5.74, 6) is 0. The van der Waals surface area contributed by atoms with Crippen molar-refractivity contribution in [1.82, 2.24) is 9.62 Å². The predicted octanol–water partition coefficient (Wildman–Crippen LogP) is 2.67. The Balaban J connectivity index is 2.84. The highest BCUT2D eigenvalue weighted by Gasteiger charge is 2.26. The van der Waals surface area contributed by atoms with E-state index in [0.717, 1.165) is 25.1 Å². The molecule has 1 aromatic heterocycles. The highest BCUT2D eigenvalue weighted by Crippen LogP contribution is 2.25. The first-order chi connectivity index (χ1) is 8.93. The van der Waals surface area contributed by atoms with E-state index in [1.165, 1.54) is 15.6 Å². The fourth-order valence-corrected chi connectivity index (χ4v) is 4.90. The van der Waals surface area contributed by atoms with Gasteiger partial charge in [0.05, 0.1) is 0 Å². The van der Waals surface area contributed by atoms with Crippen LogP contribution in [-0.2, 0) is 16.6 Å². The highest BCUT2D eigenvalue weighted by atomic mass is 32.2. The molecule has 0 aromatic carbocycles. The van der Waals surface area contributed by atoms with Crippen LogP contribution in [0.2, 0.25) is 0 Å². The van der Waals surface area contributed by atoms with Gasteiger partial charge in [-0.1, -0.05) is 13.8 Å². The minimum atomic E-state index is -3.34. The van der Waals surface area contributed by atoms with Crippen LogP contribution in [0.3, 0.4) is 0 Å². The summed E-state index contributed by atoms with van der Waals surface area (Å²) in [6.07, 6.45) is 1.08. The standard InChI is InChI=1S/C13H24N2O2S2/c1-5-7-14-9-12-8-13(18-10-12)19(16,17)15(6-2)11(3)4/h8,10-11,14H,5-7,9H2,1-4H3. The molecular weight excluding hydrogens is 280 g/mol. The summed E-state index contributed by atoms with van der Waals surface area (Å²) in [6.45, 7) is 9.96. The molecule has 1 aromatic rings.